The van der Waals surface area contributed by atoms with Crippen molar-refractivity contribution in [2.24, 2.45) is 0 Å². The number of nitrogens with zero attached hydrogens (tertiary/aromatic N) is 1. The summed E-state index contributed by atoms with van der Waals surface area (Å²) >= 11 is 0. The molecule has 0 aliphatic carbocycles. The van der Waals surface area contributed by atoms with Crippen LogP contribution in [-0.4, -0.2) is 44.2 Å². The van der Waals surface area contributed by atoms with E-state index < -0.39 is 0 Å². The number of likely N-dealkylation sites (N-methyl/N-ethyl adjacent to an activating group) is 1. The van der Waals surface area contributed by atoms with Crippen molar-refractivity contribution in [1.82, 2.24) is 0 Å². The van der Waals surface area contributed by atoms with Crippen molar-refractivity contribution in [3.8, 4) is 0 Å². The topological polar surface area (TPSA) is 26.3 Å². The molecule has 0 bridgehead atoms. The number of esters is 1. The number of carbonyl (C=O) groups excluding carboxylic acids is 1. The summed E-state index contributed by atoms with van der Waals surface area (Å²) in [7, 11) is 6.28. The van der Waals surface area contributed by atoms with Crippen LogP contribution in [0.5, 0.6) is 0 Å². The molecule has 23 heavy (non-hydrogen) atoms. The molecule has 2 aromatic carbocycles. The van der Waals surface area contributed by atoms with Gasteiger partial charge in [-0.25, -0.2) is 0 Å². The van der Waals surface area contributed by atoms with E-state index in [9.17, 15) is 4.79 Å². The minimum absolute atomic E-state index is 0.127. The number of ether oxygens (including phenoxy) is 1. The van der Waals surface area contributed by atoms with Gasteiger partial charge in [0.25, 0.3) is 0 Å². The standard InChI is InChI=1S/C20H26NO2/c1-16(15-21(2,3)4)23-20(22)19(17-11-7-5-8-12-17)18-13-9-6-10-14-18/h5-14,16,19H,15H2,1-4H3/q+1/t16-/m1/s1. The van der Waals surface area contributed by atoms with Crippen LogP contribution in [-0.2, 0) is 9.53 Å². The van der Waals surface area contributed by atoms with Crippen LogP contribution in [0.4, 0.5) is 0 Å². The fourth-order valence-electron chi connectivity index (χ4n) is 2.83. The van der Waals surface area contributed by atoms with Gasteiger partial charge in [-0.2, -0.15) is 0 Å². The molecule has 0 saturated carbocycles. The zero-order valence-corrected chi connectivity index (χ0v) is 14.4. The van der Waals surface area contributed by atoms with Crippen molar-refractivity contribution in [3.63, 3.8) is 0 Å². The molecule has 122 valence electrons. The van der Waals surface area contributed by atoms with Crippen LogP contribution >= 0.6 is 0 Å². The number of carbonyl (C=O) groups is 1. The maximum Gasteiger partial charge on any atom is 0.318 e. The largest absolute Gasteiger partial charge is 0.456 e. The molecule has 0 amide bonds. The molecule has 2 rings (SSSR count). The summed E-state index contributed by atoms with van der Waals surface area (Å²) in [5.41, 5.74) is 1.92. The third-order valence-electron chi connectivity index (χ3n) is 3.62. The first-order valence-electron chi connectivity index (χ1n) is 7.97. The van der Waals surface area contributed by atoms with E-state index >= 15 is 0 Å². The first-order valence-corrected chi connectivity index (χ1v) is 7.97. The smallest absolute Gasteiger partial charge is 0.318 e. The average molecular weight is 312 g/mol. The highest BCUT2D eigenvalue weighted by molar-refractivity contribution is 5.82. The van der Waals surface area contributed by atoms with Crippen molar-refractivity contribution in [2.45, 2.75) is 18.9 Å². The predicted molar refractivity (Wildman–Crippen MR) is 93.2 cm³/mol. The van der Waals surface area contributed by atoms with Crippen LogP contribution in [0.25, 0.3) is 0 Å². The van der Waals surface area contributed by atoms with E-state index in [-0.39, 0.29) is 18.0 Å². The van der Waals surface area contributed by atoms with Gasteiger partial charge < -0.3 is 9.22 Å². The minimum Gasteiger partial charge on any atom is -0.456 e. The van der Waals surface area contributed by atoms with Crippen molar-refractivity contribution >= 4 is 5.97 Å². The Kier molecular flexibility index (Phi) is 5.56. The molecule has 0 aliphatic rings. The summed E-state index contributed by atoms with van der Waals surface area (Å²) in [6.45, 7) is 2.73. The van der Waals surface area contributed by atoms with Gasteiger partial charge >= 0.3 is 5.97 Å². The molecular formula is C20H26NO2+. The quantitative estimate of drug-likeness (QED) is 0.603. The summed E-state index contributed by atoms with van der Waals surface area (Å²) in [5, 5.41) is 0. The molecule has 0 unspecified atom stereocenters. The Morgan fingerprint density at radius 2 is 1.35 bits per heavy atom. The second kappa shape index (κ2) is 7.42. The molecule has 0 aromatic heterocycles. The van der Waals surface area contributed by atoms with Gasteiger partial charge in [0, 0.05) is 0 Å². The summed E-state index contributed by atoms with van der Waals surface area (Å²) < 4.78 is 6.50. The Balaban J connectivity index is 2.23. The lowest BCUT2D eigenvalue weighted by atomic mass is 9.91. The van der Waals surface area contributed by atoms with E-state index in [2.05, 4.69) is 21.1 Å². The number of hydrogen-bond donors (Lipinski definition) is 0. The molecular weight excluding hydrogens is 286 g/mol. The van der Waals surface area contributed by atoms with Crippen LogP contribution in [0.2, 0.25) is 0 Å². The number of quaternary nitrogens is 1. The van der Waals surface area contributed by atoms with E-state index in [0.29, 0.717) is 0 Å². The zero-order valence-electron chi connectivity index (χ0n) is 14.4. The van der Waals surface area contributed by atoms with Crippen LogP contribution in [0.15, 0.2) is 60.7 Å². The highest BCUT2D eigenvalue weighted by atomic mass is 16.5. The molecule has 3 heteroatoms. The molecule has 2 aromatic rings. The van der Waals surface area contributed by atoms with Crippen molar-refractivity contribution in [2.75, 3.05) is 27.7 Å². The van der Waals surface area contributed by atoms with Crippen LogP contribution in [0.1, 0.15) is 24.0 Å². The van der Waals surface area contributed by atoms with E-state index in [1.165, 1.54) is 0 Å². The first-order chi connectivity index (χ1) is 10.9. The monoisotopic (exact) mass is 312 g/mol. The molecule has 1 atom stereocenters. The summed E-state index contributed by atoms with van der Waals surface area (Å²) in [6.07, 6.45) is -0.127. The second-order valence-corrected chi connectivity index (χ2v) is 6.97. The number of hydrogen-bond acceptors (Lipinski definition) is 2. The first kappa shape index (κ1) is 17.2. The molecule has 0 aliphatic heterocycles. The maximum atomic E-state index is 12.8. The summed E-state index contributed by atoms with van der Waals surface area (Å²) in [4.78, 5) is 12.8. The Morgan fingerprint density at radius 1 is 0.913 bits per heavy atom. The number of benzene rings is 2. The van der Waals surface area contributed by atoms with E-state index in [1.54, 1.807) is 0 Å². The number of rotatable bonds is 6. The SMILES string of the molecule is C[C@H](C[N+](C)(C)C)OC(=O)C(c1ccccc1)c1ccccc1. The lowest BCUT2D eigenvalue weighted by Gasteiger charge is -2.28. The predicted octanol–water partition coefficient (Wildman–Crippen LogP) is 3.46. The zero-order chi connectivity index (χ0) is 16.9. The minimum atomic E-state index is -0.382. The second-order valence-electron chi connectivity index (χ2n) is 6.97. The van der Waals surface area contributed by atoms with Crippen LogP contribution < -0.4 is 0 Å². The fourth-order valence-corrected chi connectivity index (χ4v) is 2.83. The molecule has 0 fully saturated rings. The third kappa shape index (κ3) is 5.22. The molecule has 0 radical (unpaired) electrons. The molecule has 0 spiro atoms. The lowest BCUT2D eigenvalue weighted by Crippen LogP contribution is -2.42. The summed E-state index contributed by atoms with van der Waals surface area (Å²) in [6, 6.07) is 19.6. The van der Waals surface area contributed by atoms with Gasteiger partial charge in [0.1, 0.15) is 18.6 Å². The van der Waals surface area contributed by atoms with Gasteiger partial charge in [-0.3, -0.25) is 4.79 Å². The fraction of sp³-hybridized carbons (Fsp3) is 0.350. The Labute approximate surface area is 139 Å². The van der Waals surface area contributed by atoms with Crippen molar-refractivity contribution < 1.29 is 14.0 Å². The van der Waals surface area contributed by atoms with Gasteiger partial charge in [-0.1, -0.05) is 60.7 Å². The molecule has 3 nitrogen and oxygen atoms in total. The Bertz CT molecular complexity index is 578. The molecule has 0 heterocycles. The van der Waals surface area contributed by atoms with E-state index in [0.717, 1.165) is 22.2 Å². The van der Waals surface area contributed by atoms with E-state index in [1.807, 2.05) is 67.6 Å². The third-order valence-corrected chi connectivity index (χ3v) is 3.62. The highest BCUT2D eigenvalue weighted by Crippen LogP contribution is 2.26. The maximum absolute atomic E-state index is 12.8. The Morgan fingerprint density at radius 3 is 1.74 bits per heavy atom. The lowest BCUT2D eigenvalue weighted by molar-refractivity contribution is -0.873. The van der Waals surface area contributed by atoms with E-state index in [4.69, 9.17) is 4.74 Å². The molecule has 0 N–H and O–H groups in total. The van der Waals surface area contributed by atoms with Gasteiger partial charge in [0.2, 0.25) is 0 Å². The van der Waals surface area contributed by atoms with Crippen LogP contribution in [0.3, 0.4) is 0 Å². The molecule has 0 saturated heterocycles. The van der Waals surface area contributed by atoms with Gasteiger partial charge in [-0.05, 0) is 18.1 Å². The van der Waals surface area contributed by atoms with Gasteiger partial charge in [0.15, 0.2) is 0 Å². The summed E-state index contributed by atoms with van der Waals surface area (Å²) in [5.74, 6) is -0.573. The van der Waals surface area contributed by atoms with Crippen molar-refractivity contribution in [3.05, 3.63) is 71.8 Å². The highest BCUT2D eigenvalue weighted by Gasteiger charge is 2.27. The average Bonchev–Trinajstić information content (AvgIpc) is 2.47. The van der Waals surface area contributed by atoms with Crippen LogP contribution in [0, 0.1) is 0 Å². The van der Waals surface area contributed by atoms with Gasteiger partial charge in [-0.15, -0.1) is 0 Å². The Hall–Kier alpha value is -2.13. The van der Waals surface area contributed by atoms with Crippen molar-refractivity contribution in [1.29, 1.82) is 0 Å². The van der Waals surface area contributed by atoms with Gasteiger partial charge in [0.05, 0.1) is 21.1 Å². The normalized spacial score (nSPS) is 12.9.